The molecule has 92 valence electrons. The molecule has 1 aromatic rings. The summed E-state index contributed by atoms with van der Waals surface area (Å²) in [7, 11) is 1.93. The molecule has 1 aromatic carbocycles. The quantitative estimate of drug-likeness (QED) is 0.642. The standard InChI is InChI=1S/C14H18BrNO/c1-4-5-6-7-17-14-11(2)8-13(15)9-12(14)10-16-3/h1,8-9,16H,5-7,10H2,2-3H3. The summed E-state index contributed by atoms with van der Waals surface area (Å²) in [5, 5.41) is 3.15. The lowest BCUT2D eigenvalue weighted by atomic mass is 10.1. The van der Waals surface area contributed by atoms with Crippen LogP contribution in [0, 0.1) is 19.3 Å². The minimum atomic E-state index is 0.670. The molecule has 0 aliphatic carbocycles. The highest BCUT2D eigenvalue weighted by Gasteiger charge is 2.08. The Hall–Kier alpha value is -0.980. The van der Waals surface area contributed by atoms with Gasteiger partial charge in [0.25, 0.3) is 0 Å². The Balaban J connectivity index is 2.77. The number of nitrogens with one attached hydrogen (secondary N) is 1. The summed E-state index contributed by atoms with van der Waals surface area (Å²) in [6.45, 7) is 3.52. The molecule has 2 nitrogen and oxygen atoms in total. The lowest BCUT2D eigenvalue weighted by molar-refractivity contribution is 0.307. The Bertz CT molecular complexity index is 409. The first-order valence-corrected chi connectivity index (χ1v) is 6.48. The van der Waals surface area contributed by atoms with Gasteiger partial charge in [0.15, 0.2) is 0 Å². The van der Waals surface area contributed by atoms with Gasteiger partial charge in [0.2, 0.25) is 0 Å². The number of aryl methyl sites for hydroxylation is 1. The minimum absolute atomic E-state index is 0.670. The van der Waals surface area contributed by atoms with Crippen molar-refractivity contribution in [3.63, 3.8) is 0 Å². The third kappa shape index (κ3) is 4.41. The molecule has 3 heteroatoms. The van der Waals surface area contributed by atoms with Gasteiger partial charge in [-0.1, -0.05) is 15.9 Å². The fourth-order valence-corrected chi connectivity index (χ4v) is 2.30. The summed E-state index contributed by atoms with van der Waals surface area (Å²) in [4.78, 5) is 0. The van der Waals surface area contributed by atoms with E-state index >= 15 is 0 Å². The lowest BCUT2D eigenvalue weighted by Crippen LogP contribution is -2.09. The van der Waals surface area contributed by atoms with Crippen LogP contribution in [0.3, 0.4) is 0 Å². The molecule has 0 aliphatic rings. The van der Waals surface area contributed by atoms with Crippen LogP contribution in [0.15, 0.2) is 16.6 Å². The molecule has 0 bridgehead atoms. The smallest absolute Gasteiger partial charge is 0.126 e. The van der Waals surface area contributed by atoms with Gasteiger partial charge in [-0.3, -0.25) is 0 Å². The first kappa shape index (κ1) is 14.1. The second-order valence-electron chi connectivity index (χ2n) is 3.90. The zero-order chi connectivity index (χ0) is 12.7. The fraction of sp³-hybridized carbons (Fsp3) is 0.429. The van der Waals surface area contributed by atoms with Crippen molar-refractivity contribution in [3.8, 4) is 18.1 Å². The number of halogens is 1. The number of hydrogen-bond acceptors (Lipinski definition) is 2. The van der Waals surface area contributed by atoms with Crippen molar-refractivity contribution in [1.82, 2.24) is 5.32 Å². The first-order chi connectivity index (χ1) is 8.19. The Morgan fingerprint density at radius 3 is 2.88 bits per heavy atom. The molecule has 0 saturated heterocycles. The zero-order valence-electron chi connectivity index (χ0n) is 10.3. The van der Waals surface area contributed by atoms with E-state index in [1.165, 1.54) is 5.56 Å². The maximum Gasteiger partial charge on any atom is 0.126 e. The van der Waals surface area contributed by atoms with E-state index in [2.05, 4.69) is 46.2 Å². The minimum Gasteiger partial charge on any atom is -0.493 e. The molecule has 0 aromatic heterocycles. The number of ether oxygens (including phenoxy) is 1. The predicted octanol–water partition coefficient (Wildman–Crippen LogP) is 3.27. The highest BCUT2D eigenvalue weighted by atomic mass is 79.9. The van der Waals surface area contributed by atoms with Crippen molar-refractivity contribution in [2.24, 2.45) is 0 Å². The molecule has 0 saturated carbocycles. The molecule has 0 amide bonds. The van der Waals surface area contributed by atoms with E-state index in [1.807, 2.05) is 7.05 Å². The summed E-state index contributed by atoms with van der Waals surface area (Å²) in [6.07, 6.45) is 6.87. The van der Waals surface area contributed by atoms with Gasteiger partial charge < -0.3 is 10.1 Å². The van der Waals surface area contributed by atoms with Crippen molar-refractivity contribution < 1.29 is 4.74 Å². The molecular weight excluding hydrogens is 278 g/mol. The van der Waals surface area contributed by atoms with Gasteiger partial charge >= 0.3 is 0 Å². The van der Waals surface area contributed by atoms with Crippen LogP contribution in [0.4, 0.5) is 0 Å². The first-order valence-electron chi connectivity index (χ1n) is 5.69. The fourth-order valence-electron chi connectivity index (χ4n) is 1.68. The molecule has 0 fully saturated rings. The highest BCUT2D eigenvalue weighted by Crippen LogP contribution is 2.28. The van der Waals surface area contributed by atoms with Crippen LogP contribution in [0.1, 0.15) is 24.0 Å². The van der Waals surface area contributed by atoms with E-state index in [9.17, 15) is 0 Å². The molecule has 17 heavy (non-hydrogen) atoms. The number of hydrogen-bond donors (Lipinski definition) is 1. The Labute approximate surface area is 112 Å². The molecule has 0 aliphatic heterocycles. The van der Waals surface area contributed by atoms with Crippen LogP contribution in [0.2, 0.25) is 0 Å². The van der Waals surface area contributed by atoms with Crippen molar-refractivity contribution >= 4 is 15.9 Å². The van der Waals surface area contributed by atoms with E-state index in [0.29, 0.717) is 6.61 Å². The number of terminal acetylenes is 1. The molecule has 0 spiro atoms. The molecule has 0 unspecified atom stereocenters. The van der Waals surface area contributed by atoms with Crippen molar-refractivity contribution in [2.45, 2.75) is 26.3 Å². The molecule has 1 rings (SSSR count). The second-order valence-corrected chi connectivity index (χ2v) is 4.81. The van der Waals surface area contributed by atoms with Gasteiger partial charge in [-0.2, -0.15) is 0 Å². The van der Waals surface area contributed by atoms with Crippen LogP contribution in [0.5, 0.6) is 5.75 Å². The molecule has 1 N–H and O–H groups in total. The number of benzene rings is 1. The Kier molecular flexibility index (Phi) is 6.10. The Morgan fingerprint density at radius 2 is 2.24 bits per heavy atom. The average molecular weight is 296 g/mol. The zero-order valence-corrected chi connectivity index (χ0v) is 11.9. The monoisotopic (exact) mass is 295 g/mol. The Morgan fingerprint density at radius 1 is 1.47 bits per heavy atom. The van der Waals surface area contributed by atoms with E-state index < -0.39 is 0 Å². The summed E-state index contributed by atoms with van der Waals surface area (Å²) < 4.78 is 6.90. The predicted molar refractivity (Wildman–Crippen MR) is 75.2 cm³/mol. The number of rotatable bonds is 6. The topological polar surface area (TPSA) is 21.3 Å². The van der Waals surface area contributed by atoms with Crippen LogP contribution < -0.4 is 10.1 Å². The third-order valence-corrected chi connectivity index (χ3v) is 2.85. The third-order valence-electron chi connectivity index (χ3n) is 2.40. The van der Waals surface area contributed by atoms with Crippen LogP contribution in [0.25, 0.3) is 0 Å². The maximum absolute atomic E-state index is 5.82. The second kappa shape index (κ2) is 7.37. The van der Waals surface area contributed by atoms with Crippen LogP contribution >= 0.6 is 15.9 Å². The van der Waals surface area contributed by atoms with Gasteiger partial charge in [0.1, 0.15) is 5.75 Å². The van der Waals surface area contributed by atoms with Crippen molar-refractivity contribution in [3.05, 3.63) is 27.7 Å². The SMILES string of the molecule is C#CCCCOc1c(C)cc(Br)cc1CNC. The van der Waals surface area contributed by atoms with E-state index in [4.69, 9.17) is 11.2 Å². The molecular formula is C14H18BrNO. The van der Waals surface area contributed by atoms with Crippen LogP contribution in [-0.2, 0) is 6.54 Å². The van der Waals surface area contributed by atoms with Crippen molar-refractivity contribution in [1.29, 1.82) is 0 Å². The van der Waals surface area contributed by atoms with E-state index in [-0.39, 0.29) is 0 Å². The van der Waals surface area contributed by atoms with Gasteiger partial charge in [-0.15, -0.1) is 12.3 Å². The van der Waals surface area contributed by atoms with Gasteiger partial charge in [0.05, 0.1) is 6.61 Å². The van der Waals surface area contributed by atoms with Gasteiger partial charge in [0, 0.05) is 23.0 Å². The van der Waals surface area contributed by atoms with Crippen LogP contribution in [-0.4, -0.2) is 13.7 Å². The van der Waals surface area contributed by atoms with Gasteiger partial charge in [-0.25, -0.2) is 0 Å². The van der Waals surface area contributed by atoms with E-state index in [1.54, 1.807) is 0 Å². The highest BCUT2D eigenvalue weighted by molar-refractivity contribution is 9.10. The van der Waals surface area contributed by atoms with E-state index in [0.717, 1.165) is 35.2 Å². The molecule has 0 radical (unpaired) electrons. The van der Waals surface area contributed by atoms with Crippen molar-refractivity contribution in [2.75, 3.05) is 13.7 Å². The largest absolute Gasteiger partial charge is 0.493 e. The maximum atomic E-state index is 5.82. The average Bonchev–Trinajstić information content (AvgIpc) is 2.27. The lowest BCUT2D eigenvalue weighted by Gasteiger charge is -2.14. The summed E-state index contributed by atoms with van der Waals surface area (Å²) in [5.74, 6) is 3.59. The normalized spacial score (nSPS) is 10.0. The number of unbranched alkanes of at least 4 members (excludes halogenated alkanes) is 1. The van der Waals surface area contributed by atoms with Gasteiger partial charge in [-0.05, 0) is 38.1 Å². The molecule has 0 heterocycles. The summed E-state index contributed by atoms with van der Waals surface area (Å²) in [5.41, 5.74) is 2.31. The molecule has 0 atom stereocenters. The summed E-state index contributed by atoms with van der Waals surface area (Å²) >= 11 is 3.50. The summed E-state index contributed by atoms with van der Waals surface area (Å²) in [6, 6.07) is 4.15.